The molecule has 2 nitrogen and oxygen atoms in total. The van der Waals surface area contributed by atoms with E-state index in [0.717, 1.165) is 19.3 Å². The van der Waals surface area contributed by atoms with Crippen molar-refractivity contribution < 1.29 is 13.3 Å². The van der Waals surface area contributed by atoms with Gasteiger partial charge in [0.1, 0.15) is 0 Å². The van der Waals surface area contributed by atoms with Crippen LogP contribution in [0, 0.1) is 11.3 Å². The van der Waals surface area contributed by atoms with Crippen LogP contribution in [-0.4, -0.2) is 12.3 Å². The highest BCUT2D eigenvalue weighted by Gasteiger charge is 2.36. The standard InChI is InChI=1S/C11H22FO2P/c1-5-15(12,13)14-10-6-9(2)7-11(3,4)8-10/h9-10H,5-8H2,1-4H3. The third-order valence-corrected chi connectivity index (χ3v) is 4.40. The van der Waals surface area contributed by atoms with E-state index in [4.69, 9.17) is 4.52 Å². The highest BCUT2D eigenvalue weighted by molar-refractivity contribution is 7.53. The number of hydrogen-bond donors (Lipinski definition) is 0. The molecule has 0 heterocycles. The molecule has 0 aliphatic heterocycles. The van der Waals surface area contributed by atoms with Crippen LogP contribution in [0.25, 0.3) is 0 Å². The fourth-order valence-electron chi connectivity index (χ4n) is 2.64. The fraction of sp³-hybridized carbons (Fsp3) is 1.00. The Kier molecular flexibility index (Phi) is 4.00. The van der Waals surface area contributed by atoms with Crippen molar-refractivity contribution >= 4 is 7.68 Å². The molecule has 0 aromatic carbocycles. The van der Waals surface area contributed by atoms with E-state index in [1.807, 2.05) is 0 Å². The van der Waals surface area contributed by atoms with E-state index in [2.05, 4.69) is 20.8 Å². The van der Waals surface area contributed by atoms with Gasteiger partial charge in [-0.1, -0.05) is 27.7 Å². The second-order valence-electron chi connectivity index (χ2n) is 5.55. The van der Waals surface area contributed by atoms with E-state index < -0.39 is 7.68 Å². The summed E-state index contributed by atoms with van der Waals surface area (Å²) in [7, 11) is -3.82. The van der Waals surface area contributed by atoms with Gasteiger partial charge in [0, 0.05) is 0 Å². The van der Waals surface area contributed by atoms with Crippen molar-refractivity contribution in [1.29, 1.82) is 0 Å². The van der Waals surface area contributed by atoms with E-state index in [1.165, 1.54) is 0 Å². The molecule has 0 aromatic rings. The van der Waals surface area contributed by atoms with Crippen molar-refractivity contribution in [2.45, 2.75) is 53.1 Å². The maximum absolute atomic E-state index is 13.3. The average molecular weight is 236 g/mol. The molecule has 3 unspecified atom stereocenters. The number of halogens is 1. The Balaban J connectivity index is 2.60. The molecule has 90 valence electrons. The predicted octanol–water partition coefficient (Wildman–Crippen LogP) is 4.40. The Bertz CT molecular complexity index is 265. The molecule has 4 heteroatoms. The molecular weight excluding hydrogens is 214 g/mol. The second-order valence-corrected chi connectivity index (χ2v) is 7.57. The number of hydrogen-bond acceptors (Lipinski definition) is 2. The van der Waals surface area contributed by atoms with Crippen LogP contribution < -0.4 is 0 Å². The summed E-state index contributed by atoms with van der Waals surface area (Å²) in [5.74, 6) is 0.524. The summed E-state index contributed by atoms with van der Waals surface area (Å²) < 4.78 is 29.7. The summed E-state index contributed by atoms with van der Waals surface area (Å²) >= 11 is 0. The third kappa shape index (κ3) is 4.24. The van der Waals surface area contributed by atoms with Crippen LogP contribution in [0.1, 0.15) is 47.0 Å². The molecule has 1 saturated carbocycles. The van der Waals surface area contributed by atoms with E-state index in [-0.39, 0.29) is 17.7 Å². The minimum absolute atomic E-state index is 0.0156. The summed E-state index contributed by atoms with van der Waals surface area (Å²) in [6, 6.07) is 0. The van der Waals surface area contributed by atoms with E-state index in [9.17, 15) is 8.76 Å². The van der Waals surface area contributed by atoms with Gasteiger partial charge in [0.05, 0.1) is 12.3 Å². The van der Waals surface area contributed by atoms with Gasteiger partial charge < -0.3 is 4.52 Å². The van der Waals surface area contributed by atoms with Crippen LogP contribution >= 0.6 is 7.68 Å². The van der Waals surface area contributed by atoms with Crippen molar-refractivity contribution in [3.8, 4) is 0 Å². The monoisotopic (exact) mass is 236 g/mol. The Morgan fingerprint density at radius 1 is 1.47 bits per heavy atom. The van der Waals surface area contributed by atoms with Crippen LogP contribution in [0.4, 0.5) is 4.20 Å². The highest BCUT2D eigenvalue weighted by Crippen LogP contribution is 2.53. The summed E-state index contributed by atoms with van der Waals surface area (Å²) in [6.07, 6.45) is 2.59. The van der Waals surface area contributed by atoms with E-state index in [1.54, 1.807) is 6.92 Å². The van der Waals surface area contributed by atoms with Gasteiger partial charge in [-0.3, -0.25) is 4.57 Å². The molecule has 15 heavy (non-hydrogen) atoms. The minimum Gasteiger partial charge on any atom is -0.302 e. The van der Waals surface area contributed by atoms with Gasteiger partial charge in [0.2, 0.25) is 0 Å². The smallest absolute Gasteiger partial charge is 0.302 e. The molecular formula is C11H22FO2P. The molecule has 0 radical (unpaired) electrons. The second kappa shape index (κ2) is 4.55. The Labute approximate surface area is 92.2 Å². The summed E-state index contributed by atoms with van der Waals surface area (Å²) in [6.45, 7) is 8.03. The lowest BCUT2D eigenvalue weighted by Crippen LogP contribution is -2.31. The molecule has 0 amide bonds. The quantitative estimate of drug-likeness (QED) is 0.679. The molecule has 1 rings (SSSR count). The van der Waals surface area contributed by atoms with E-state index >= 15 is 0 Å². The molecule has 0 aromatic heterocycles. The zero-order valence-electron chi connectivity index (χ0n) is 10.1. The lowest BCUT2D eigenvalue weighted by atomic mass is 9.72. The van der Waals surface area contributed by atoms with Crippen LogP contribution in [0.3, 0.4) is 0 Å². The molecule has 1 aliphatic carbocycles. The molecule has 0 bridgehead atoms. The van der Waals surface area contributed by atoms with Crippen LogP contribution in [0.5, 0.6) is 0 Å². The first kappa shape index (κ1) is 13.2. The lowest BCUT2D eigenvalue weighted by molar-refractivity contribution is 0.0533. The first-order valence-corrected chi connectivity index (χ1v) is 7.41. The largest absolute Gasteiger partial charge is 0.367 e. The summed E-state index contributed by atoms with van der Waals surface area (Å²) in [5.41, 5.74) is 0.177. The molecule has 1 aliphatic rings. The van der Waals surface area contributed by atoms with Gasteiger partial charge in [-0.15, -0.1) is 0 Å². The van der Waals surface area contributed by atoms with Crippen molar-refractivity contribution in [2.24, 2.45) is 11.3 Å². The lowest BCUT2D eigenvalue weighted by Gasteiger charge is -2.38. The molecule has 1 fully saturated rings. The van der Waals surface area contributed by atoms with Crippen LogP contribution in [0.15, 0.2) is 0 Å². The predicted molar refractivity (Wildman–Crippen MR) is 60.9 cm³/mol. The highest BCUT2D eigenvalue weighted by atomic mass is 31.2. The fourth-order valence-corrected chi connectivity index (χ4v) is 3.39. The Morgan fingerprint density at radius 3 is 2.53 bits per heavy atom. The third-order valence-electron chi connectivity index (χ3n) is 3.03. The maximum Gasteiger partial charge on any atom is 0.367 e. The topological polar surface area (TPSA) is 26.3 Å². The zero-order valence-corrected chi connectivity index (χ0v) is 11.0. The van der Waals surface area contributed by atoms with Gasteiger partial charge >= 0.3 is 7.68 Å². The zero-order chi connectivity index (χ0) is 11.7. The summed E-state index contributed by atoms with van der Waals surface area (Å²) in [5, 5.41) is 0. The van der Waals surface area contributed by atoms with Crippen molar-refractivity contribution in [3.05, 3.63) is 0 Å². The molecule has 0 spiro atoms. The number of rotatable bonds is 3. The van der Waals surface area contributed by atoms with Gasteiger partial charge in [-0.2, -0.15) is 4.20 Å². The van der Waals surface area contributed by atoms with Crippen molar-refractivity contribution in [2.75, 3.05) is 6.16 Å². The van der Waals surface area contributed by atoms with Crippen molar-refractivity contribution in [3.63, 3.8) is 0 Å². The van der Waals surface area contributed by atoms with E-state index in [0.29, 0.717) is 5.92 Å². The summed E-state index contributed by atoms with van der Waals surface area (Å²) in [4.78, 5) is 0. The SMILES string of the molecule is CCP(=O)(F)OC1CC(C)CC(C)(C)C1. The van der Waals surface area contributed by atoms with Gasteiger partial charge in [-0.25, -0.2) is 0 Å². The first-order valence-electron chi connectivity index (χ1n) is 5.71. The minimum atomic E-state index is -3.82. The first-order chi connectivity index (χ1) is 6.74. The van der Waals surface area contributed by atoms with Gasteiger partial charge in [-0.05, 0) is 30.6 Å². The molecule has 0 saturated heterocycles. The average Bonchev–Trinajstić information content (AvgIpc) is 1.99. The van der Waals surface area contributed by atoms with Crippen LogP contribution in [-0.2, 0) is 9.09 Å². The Hall–Kier alpha value is 0.120. The Morgan fingerprint density at radius 2 is 2.07 bits per heavy atom. The maximum atomic E-state index is 13.3. The van der Waals surface area contributed by atoms with Gasteiger partial charge in [0.25, 0.3) is 0 Å². The molecule has 3 atom stereocenters. The van der Waals surface area contributed by atoms with Crippen LogP contribution in [0.2, 0.25) is 0 Å². The molecule has 0 N–H and O–H groups in total. The normalized spacial score (nSPS) is 34.7. The van der Waals surface area contributed by atoms with Crippen molar-refractivity contribution in [1.82, 2.24) is 0 Å². The van der Waals surface area contributed by atoms with Gasteiger partial charge in [0.15, 0.2) is 0 Å².